The van der Waals surface area contributed by atoms with Crippen LogP contribution in [0, 0.1) is 11.3 Å². The minimum atomic E-state index is -0.438. The number of carbonyl (C=O) groups is 2. The van der Waals surface area contributed by atoms with E-state index in [1.165, 1.54) is 13.2 Å². The molecule has 1 N–H and O–H groups in total. The molecule has 0 spiro atoms. The molecule has 1 amide bonds. The molecule has 0 aliphatic rings. The van der Waals surface area contributed by atoms with E-state index in [2.05, 4.69) is 15.0 Å². The van der Waals surface area contributed by atoms with E-state index < -0.39 is 11.9 Å². The van der Waals surface area contributed by atoms with Crippen LogP contribution in [0.2, 0.25) is 0 Å². The molecule has 0 radical (unpaired) electrons. The van der Waals surface area contributed by atoms with Gasteiger partial charge in [0.05, 0.1) is 19.0 Å². The fourth-order valence-corrected chi connectivity index (χ4v) is 2.13. The Bertz CT molecular complexity index is 787. The van der Waals surface area contributed by atoms with Crippen LogP contribution in [0.1, 0.15) is 22.3 Å². The fourth-order valence-electron chi connectivity index (χ4n) is 2.13. The molecule has 1 aromatic heterocycles. The number of carbonyl (C=O) groups excluding carboxylic acids is 2. The maximum Gasteiger partial charge on any atom is 0.337 e. The molecule has 0 saturated carbocycles. The summed E-state index contributed by atoms with van der Waals surface area (Å²) in [5.41, 5.74) is 1.06. The van der Waals surface area contributed by atoms with Crippen molar-refractivity contribution in [2.45, 2.75) is 13.0 Å². The van der Waals surface area contributed by atoms with Crippen molar-refractivity contribution in [1.29, 1.82) is 5.26 Å². The molecule has 0 bridgehead atoms. The number of imidazole rings is 1. The Balaban J connectivity index is 1.91. The first-order valence-electron chi connectivity index (χ1n) is 7.68. The second kappa shape index (κ2) is 9.03. The van der Waals surface area contributed by atoms with E-state index in [1.54, 1.807) is 36.8 Å². The van der Waals surface area contributed by atoms with E-state index >= 15 is 0 Å². The number of nitrogens with zero attached hydrogens (tertiary/aromatic N) is 3. The largest absolute Gasteiger partial charge is 0.465 e. The molecule has 0 saturated heterocycles. The first-order valence-corrected chi connectivity index (χ1v) is 7.68. The zero-order chi connectivity index (χ0) is 18.1. The van der Waals surface area contributed by atoms with Gasteiger partial charge in [0, 0.05) is 25.5 Å². The number of nitrogens with one attached hydrogen (secondary N) is 1. The predicted octanol–water partition coefficient (Wildman–Crippen LogP) is 1.78. The van der Waals surface area contributed by atoms with E-state index in [0.29, 0.717) is 17.7 Å². The summed E-state index contributed by atoms with van der Waals surface area (Å²) in [5.74, 6) is -0.864. The first-order chi connectivity index (χ1) is 12.1. The van der Waals surface area contributed by atoms with Gasteiger partial charge in [-0.2, -0.15) is 5.26 Å². The van der Waals surface area contributed by atoms with Crippen molar-refractivity contribution in [2.24, 2.45) is 0 Å². The van der Waals surface area contributed by atoms with Crippen molar-refractivity contribution in [3.63, 3.8) is 0 Å². The molecule has 1 aromatic carbocycles. The van der Waals surface area contributed by atoms with Gasteiger partial charge in [-0.1, -0.05) is 12.1 Å². The summed E-state index contributed by atoms with van der Waals surface area (Å²) in [7, 11) is 1.31. The summed E-state index contributed by atoms with van der Waals surface area (Å²) in [6.07, 6.45) is 7.46. The monoisotopic (exact) mass is 338 g/mol. The van der Waals surface area contributed by atoms with Crippen LogP contribution in [0.15, 0.2) is 48.6 Å². The number of methoxy groups -OCH3 is 1. The summed E-state index contributed by atoms with van der Waals surface area (Å²) in [4.78, 5) is 27.4. The molecule has 0 atom stereocenters. The Morgan fingerprint density at radius 1 is 1.36 bits per heavy atom. The smallest absolute Gasteiger partial charge is 0.337 e. The molecule has 0 unspecified atom stereocenters. The van der Waals surface area contributed by atoms with Gasteiger partial charge in [-0.15, -0.1) is 0 Å². The molecule has 2 rings (SSSR count). The highest BCUT2D eigenvalue weighted by Gasteiger charge is 2.09. The van der Waals surface area contributed by atoms with E-state index in [1.807, 2.05) is 16.8 Å². The SMILES string of the molecule is COC(=O)c1ccc(/C=C(\C#N)C(=O)NCCCn2ccnc2)cc1. The normalized spacial score (nSPS) is 10.8. The van der Waals surface area contributed by atoms with Crippen molar-refractivity contribution < 1.29 is 14.3 Å². The maximum absolute atomic E-state index is 12.1. The van der Waals surface area contributed by atoms with Gasteiger partial charge in [0.1, 0.15) is 11.6 Å². The van der Waals surface area contributed by atoms with Crippen LogP contribution in [0.4, 0.5) is 0 Å². The topological polar surface area (TPSA) is 97.0 Å². The molecule has 7 nitrogen and oxygen atoms in total. The molecule has 0 aliphatic carbocycles. The van der Waals surface area contributed by atoms with Gasteiger partial charge in [0.25, 0.3) is 5.91 Å². The average Bonchev–Trinajstić information content (AvgIpc) is 3.16. The summed E-state index contributed by atoms with van der Waals surface area (Å²) < 4.78 is 6.53. The molecular formula is C18H18N4O3. The second-order valence-corrected chi connectivity index (χ2v) is 5.19. The van der Waals surface area contributed by atoms with Gasteiger partial charge < -0.3 is 14.6 Å². The van der Waals surface area contributed by atoms with Crippen LogP contribution >= 0.6 is 0 Å². The highest BCUT2D eigenvalue weighted by atomic mass is 16.5. The summed E-state index contributed by atoms with van der Waals surface area (Å²) in [5, 5.41) is 11.9. The van der Waals surface area contributed by atoms with Gasteiger partial charge >= 0.3 is 5.97 Å². The van der Waals surface area contributed by atoms with Crippen LogP contribution in [0.5, 0.6) is 0 Å². The first kappa shape index (κ1) is 17.9. The summed E-state index contributed by atoms with van der Waals surface area (Å²) in [6.45, 7) is 1.19. The summed E-state index contributed by atoms with van der Waals surface area (Å²) >= 11 is 0. The lowest BCUT2D eigenvalue weighted by molar-refractivity contribution is -0.117. The Kier molecular flexibility index (Phi) is 6.48. The van der Waals surface area contributed by atoms with Crippen molar-refractivity contribution >= 4 is 18.0 Å². The van der Waals surface area contributed by atoms with Crippen molar-refractivity contribution in [3.8, 4) is 6.07 Å². The highest BCUT2D eigenvalue weighted by Crippen LogP contribution is 2.10. The third-order valence-electron chi connectivity index (χ3n) is 3.45. The van der Waals surface area contributed by atoms with Crippen LogP contribution < -0.4 is 5.32 Å². The van der Waals surface area contributed by atoms with E-state index in [0.717, 1.165) is 13.0 Å². The second-order valence-electron chi connectivity index (χ2n) is 5.19. The number of amides is 1. The van der Waals surface area contributed by atoms with E-state index in [4.69, 9.17) is 0 Å². The minimum Gasteiger partial charge on any atom is -0.465 e. The third kappa shape index (κ3) is 5.32. The standard InChI is InChI=1S/C18H18N4O3/c1-25-18(24)15-5-3-14(4-6-15)11-16(12-19)17(23)21-7-2-9-22-10-8-20-13-22/h3-6,8,10-11,13H,2,7,9H2,1H3,(H,21,23)/b16-11+. The number of hydrogen-bond acceptors (Lipinski definition) is 5. The molecule has 128 valence electrons. The van der Waals surface area contributed by atoms with Crippen LogP contribution in [0.3, 0.4) is 0 Å². The van der Waals surface area contributed by atoms with E-state index in [9.17, 15) is 14.9 Å². The number of esters is 1. The lowest BCUT2D eigenvalue weighted by atomic mass is 10.1. The molecule has 1 heterocycles. The van der Waals surface area contributed by atoms with Gasteiger partial charge in [-0.3, -0.25) is 4.79 Å². The Hall–Kier alpha value is -3.40. The number of rotatable bonds is 7. The maximum atomic E-state index is 12.1. The number of aryl methyl sites for hydroxylation is 1. The quantitative estimate of drug-likeness (QED) is 0.359. The third-order valence-corrected chi connectivity index (χ3v) is 3.45. The molecule has 0 aliphatic heterocycles. The van der Waals surface area contributed by atoms with E-state index in [-0.39, 0.29) is 5.57 Å². The zero-order valence-electron chi connectivity index (χ0n) is 13.8. The Labute approximate surface area is 145 Å². The number of benzene rings is 1. The van der Waals surface area contributed by atoms with Gasteiger partial charge in [0.2, 0.25) is 0 Å². The zero-order valence-corrected chi connectivity index (χ0v) is 13.8. The van der Waals surface area contributed by atoms with Crippen LogP contribution in [-0.2, 0) is 16.1 Å². The molecule has 0 fully saturated rings. The molecule has 25 heavy (non-hydrogen) atoms. The Morgan fingerprint density at radius 2 is 2.12 bits per heavy atom. The van der Waals surface area contributed by atoms with Crippen LogP contribution in [-0.4, -0.2) is 35.1 Å². The van der Waals surface area contributed by atoms with Crippen molar-refractivity contribution in [3.05, 3.63) is 59.7 Å². The average molecular weight is 338 g/mol. The number of ether oxygens (including phenoxy) is 1. The molecule has 2 aromatic rings. The summed E-state index contributed by atoms with van der Waals surface area (Å²) in [6, 6.07) is 8.35. The van der Waals surface area contributed by atoms with Crippen molar-refractivity contribution in [1.82, 2.24) is 14.9 Å². The Morgan fingerprint density at radius 3 is 2.72 bits per heavy atom. The molecule has 7 heteroatoms. The lowest BCUT2D eigenvalue weighted by Gasteiger charge is -2.05. The molecular weight excluding hydrogens is 320 g/mol. The number of nitriles is 1. The number of hydrogen-bond donors (Lipinski definition) is 1. The van der Waals surface area contributed by atoms with Gasteiger partial charge in [0.15, 0.2) is 0 Å². The highest BCUT2D eigenvalue weighted by molar-refractivity contribution is 6.01. The van der Waals surface area contributed by atoms with Crippen LogP contribution in [0.25, 0.3) is 6.08 Å². The number of aromatic nitrogens is 2. The van der Waals surface area contributed by atoms with Gasteiger partial charge in [-0.05, 0) is 30.2 Å². The van der Waals surface area contributed by atoms with Crippen molar-refractivity contribution in [2.75, 3.05) is 13.7 Å². The fraction of sp³-hybridized carbons (Fsp3) is 0.222. The lowest BCUT2D eigenvalue weighted by Crippen LogP contribution is -2.26. The van der Waals surface area contributed by atoms with Gasteiger partial charge in [-0.25, -0.2) is 9.78 Å². The minimum absolute atomic E-state index is 0.00782. The predicted molar refractivity (Wildman–Crippen MR) is 91.2 cm³/mol.